The Balaban J connectivity index is 0.851. The molecule has 77 heavy (non-hydrogen) atoms. The molecule has 0 radical (unpaired) electrons. The fraction of sp³-hybridized carbons (Fsp3) is 0.200. The van der Waals surface area contributed by atoms with Crippen molar-refractivity contribution >= 4 is 91.8 Å². The van der Waals surface area contributed by atoms with Crippen molar-refractivity contribution in [1.29, 1.82) is 0 Å². The smallest absolute Gasteiger partial charge is 0.261 e. The van der Waals surface area contributed by atoms with Crippen LogP contribution in [-0.2, 0) is 24.6 Å². The van der Waals surface area contributed by atoms with Gasteiger partial charge in [-0.2, -0.15) is 0 Å². The first-order valence-electron chi connectivity index (χ1n) is 26.1. The quantitative estimate of drug-likeness (QED) is 0.122. The molecule has 0 saturated carbocycles. The first-order chi connectivity index (χ1) is 37.1. The molecule has 4 aromatic carbocycles. The number of thiophene rings is 4. The maximum absolute atomic E-state index is 14.3. The summed E-state index contributed by atoms with van der Waals surface area (Å²) >= 11 is 6.42. The average molecular weight is 1080 g/mol. The van der Waals surface area contributed by atoms with Crippen LogP contribution in [0.15, 0.2) is 168 Å². The van der Waals surface area contributed by atoms with Gasteiger partial charge in [0.1, 0.15) is 0 Å². The van der Waals surface area contributed by atoms with Crippen LogP contribution in [0.4, 0.5) is 0 Å². The molecule has 4 aliphatic heterocycles. The van der Waals surface area contributed by atoms with Gasteiger partial charge in [0.05, 0.1) is 64.6 Å². The summed E-state index contributed by atoms with van der Waals surface area (Å²) in [6.07, 6.45) is 1.92. The van der Waals surface area contributed by atoms with Crippen molar-refractivity contribution in [2.24, 2.45) is 11.8 Å². The van der Waals surface area contributed by atoms with E-state index in [4.69, 9.17) is 0 Å². The standard InChI is InChI=1S/C65H54N4O4S4/c1-35(2)33-65(34-36(3)4)43-31-39(47-25-29-51(76-47)59-55-53(61(70)68(59)7)57(66(5)63(55)72)49-27-23-45(74-49)37-15-11-9-12-16-37)19-21-41(43)42-22-20-40(32-44(42)65)48-26-30-52(77-48)60-56-54(62(71)69(60)8)58(67(6)64(56)73)50-28-24-46(75-50)38-17-13-10-14-18-38/h9-32,35-36H,33-34H2,1-8H3. The maximum Gasteiger partial charge on any atom is 0.261 e. The third kappa shape index (κ3) is 7.54. The minimum absolute atomic E-state index is 0.170. The molecule has 5 aliphatic rings. The third-order valence-corrected chi connectivity index (χ3v) is 20.3. The van der Waals surface area contributed by atoms with E-state index in [1.807, 2.05) is 48.5 Å². The second-order valence-electron chi connectivity index (χ2n) is 21.5. The molecule has 0 fully saturated rings. The van der Waals surface area contributed by atoms with Crippen molar-refractivity contribution in [1.82, 2.24) is 19.6 Å². The van der Waals surface area contributed by atoms with E-state index >= 15 is 0 Å². The van der Waals surface area contributed by atoms with E-state index in [2.05, 4.69) is 125 Å². The molecule has 8 nitrogen and oxygen atoms in total. The molecule has 0 spiro atoms. The lowest BCUT2D eigenvalue weighted by atomic mass is 9.67. The number of fused-ring (bicyclic) bond motifs is 5. The average Bonchev–Trinajstić information content (AvgIpc) is 4.43. The Labute approximate surface area is 464 Å². The number of carbonyl (C=O) groups excluding carboxylic acids is 4. The fourth-order valence-electron chi connectivity index (χ4n) is 12.6. The van der Waals surface area contributed by atoms with Gasteiger partial charge < -0.3 is 19.6 Å². The molecule has 4 amide bonds. The molecule has 0 unspecified atom stereocenters. The molecular weight excluding hydrogens is 1030 g/mol. The van der Waals surface area contributed by atoms with Crippen LogP contribution < -0.4 is 0 Å². The molecule has 12 heteroatoms. The van der Waals surface area contributed by atoms with Gasteiger partial charge in [0.25, 0.3) is 23.6 Å². The number of likely N-dealkylation sites (N-methyl/N-ethyl adjacent to an activating group) is 4. The lowest BCUT2D eigenvalue weighted by Crippen LogP contribution is -2.29. The minimum Gasteiger partial charge on any atom is -0.309 e. The van der Waals surface area contributed by atoms with Crippen LogP contribution in [0, 0.1) is 11.8 Å². The highest BCUT2D eigenvalue weighted by Crippen LogP contribution is 2.58. The zero-order chi connectivity index (χ0) is 53.3. The highest BCUT2D eigenvalue weighted by atomic mass is 32.1. The summed E-state index contributed by atoms with van der Waals surface area (Å²) in [5, 5.41) is 0. The van der Waals surface area contributed by atoms with E-state index in [1.54, 1.807) is 93.1 Å². The van der Waals surface area contributed by atoms with E-state index in [0.717, 1.165) is 74.1 Å². The lowest BCUT2D eigenvalue weighted by molar-refractivity contribution is -0.123. The van der Waals surface area contributed by atoms with Gasteiger partial charge in [-0.05, 0) is 130 Å². The lowest BCUT2D eigenvalue weighted by Gasteiger charge is -2.36. The predicted molar refractivity (Wildman–Crippen MR) is 316 cm³/mol. The summed E-state index contributed by atoms with van der Waals surface area (Å²) in [6.45, 7) is 9.28. The largest absolute Gasteiger partial charge is 0.309 e. The van der Waals surface area contributed by atoms with Gasteiger partial charge in [-0.25, -0.2) is 0 Å². The second kappa shape index (κ2) is 18.3. The van der Waals surface area contributed by atoms with E-state index in [1.165, 1.54) is 22.3 Å². The third-order valence-electron chi connectivity index (χ3n) is 15.8. The van der Waals surface area contributed by atoms with Gasteiger partial charge >= 0.3 is 0 Å². The number of carbonyl (C=O) groups is 4. The van der Waals surface area contributed by atoms with Crippen LogP contribution in [-0.4, -0.2) is 71.4 Å². The normalized spacial score (nSPS) is 16.8. The zero-order valence-corrected chi connectivity index (χ0v) is 47.2. The van der Waals surface area contributed by atoms with Crippen LogP contribution >= 0.6 is 45.3 Å². The first kappa shape index (κ1) is 49.1. The molecule has 0 N–H and O–H groups in total. The van der Waals surface area contributed by atoms with Crippen molar-refractivity contribution in [3.05, 3.63) is 199 Å². The number of nitrogens with zero attached hydrogens (tertiary/aromatic N) is 4. The molecule has 8 heterocycles. The Bertz CT molecular complexity index is 3730. The highest BCUT2D eigenvalue weighted by Gasteiger charge is 2.50. The van der Waals surface area contributed by atoms with Gasteiger partial charge in [0.15, 0.2) is 0 Å². The molecule has 382 valence electrons. The minimum atomic E-state index is -0.275. The second-order valence-corrected chi connectivity index (χ2v) is 25.9. The molecule has 4 aromatic heterocycles. The Kier molecular flexibility index (Phi) is 11.7. The molecule has 13 rings (SSSR count). The van der Waals surface area contributed by atoms with Crippen LogP contribution in [0.3, 0.4) is 0 Å². The summed E-state index contributed by atoms with van der Waals surface area (Å²) in [5.41, 5.74) is 13.8. The van der Waals surface area contributed by atoms with Gasteiger partial charge in [-0.1, -0.05) is 113 Å². The van der Waals surface area contributed by atoms with Crippen LogP contribution in [0.25, 0.3) is 75.7 Å². The number of hydrogen-bond donors (Lipinski definition) is 0. The Morgan fingerprint density at radius 2 is 0.623 bits per heavy atom. The van der Waals surface area contributed by atoms with Gasteiger partial charge in [-0.15, -0.1) is 45.3 Å². The Morgan fingerprint density at radius 3 is 0.909 bits per heavy atom. The van der Waals surface area contributed by atoms with Crippen molar-refractivity contribution in [3.8, 4) is 52.9 Å². The summed E-state index contributed by atoms with van der Waals surface area (Å²) < 4.78 is 0. The number of hydrogen-bond acceptors (Lipinski definition) is 8. The van der Waals surface area contributed by atoms with Gasteiger partial charge in [0.2, 0.25) is 0 Å². The Morgan fingerprint density at radius 1 is 0.351 bits per heavy atom. The number of benzene rings is 4. The van der Waals surface area contributed by atoms with Gasteiger partial charge in [0, 0.05) is 53.1 Å². The zero-order valence-electron chi connectivity index (χ0n) is 44.0. The van der Waals surface area contributed by atoms with E-state index in [-0.39, 0.29) is 29.0 Å². The van der Waals surface area contributed by atoms with Gasteiger partial charge in [-0.3, -0.25) is 19.2 Å². The summed E-state index contributed by atoms with van der Waals surface area (Å²) in [7, 11) is 7.11. The topological polar surface area (TPSA) is 81.2 Å². The summed E-state index contributed by atoms with van der Waals surface area (Å²) in [4.78, 5) is 71.5. The maximum atomic E-state index is 14.3. The highest BCUT2D eigenvalue weighted by molar-refractivity contribution is 7.17. The first-order valence-corrected chi connectivity index (χ1v) is 29.3. The SMILES string of the molecule is CC(C)CC1(CC(C)C)c2cc(-c3ccc(C4=C5C(=O)N(C)C(c6ccc(-c7ccccc7)s6)=C5C(=O)N4C)s3)ccc2-c2ccc(-c3ccc(C4=C5C(=O)N(C)C(c6ccc(-c7ccccc7)s6)=C5C(=O)N4C)s3)cc21. The van der Waals surface area contributed by atoms with Crippen LogP contribution in [0.2, 0.25) is 0 Å². The number of rotatable bonds is 12. The summed E-state index contributed by atoms with van der Waals surface area (Å²) in [6, 6.07) is 50.8. The summed E-state index contributed by atoms with van der Waals surface area (Å²) in [5.74, 6) is 0.116. The molecule has 0 saturated heterocycles. The monoisotopic (exact) mass is 1080 g/mol. The van der Waals surface area contributed by atoms with E-state index in [9.17, 15) is 19.2 Å². The molecular formula is C65H54N4O4S4. The molecule has 1 aliphatic carbocycles. The molecule has 8 aromatic rings. The molecule has 0 bridgehead atoms. The van der Waals surface area contributed by atoms with Crippen molar-refractivity contribution < 1.29 is 19.2 Å². The van der Waals surface area contributed by atoms with Crippen molar-refractivity contribution in [2.75, 3.05) is 28.2 Å². The fourth-order valence-corrected chi connectivity index (χ4v) is 17.0. The van der Waals surface area contributed by atoms with E-state index in [0.29, 0.717) is 56.9 Å². The van der Waals surface area contributed by atoms with Crippen LogP contribution in [0.1, 0.15) is 71.2 Å². The van der Waals surface area contributed by atoms with E-state index < -0.39 is 0 Å². The van der Waals surface area contributed by atoms with Crippen LogP contribution in [0.5, 0.6) is 0 Å². The van der Waals surface area contributed by atoms with Crippen molar-refractivity contribution in [3.63, 3.8) is 0 Å². The van der Waals surface area contributed by atoms with Crippen molar-refractivity contribution in [2.45, 2.75) is 46.0 Å². The Hall–Kier alpha value is -7.48. The molecule has 0 atom stereocenters. The number of amides is 4. The predicted octanol–water partition coefficient (Wildman–Crippen LogP) is 15.1.